The molecular weight excluding hydrogens is 326 g/mol. The highest BCUT2D eigenvalue weighted by Crippen LogP contribution is 2.21. The molecule has 5 nitrogen and oxygen atoms in total. The third-order valence-corrected chi connectivity index (χ3v) is 4.05. The van der Waals surface area contributed by atoms with Gasteiger partial charge in [0, 0.05) is 35.9 Å². The lowest BCUT2D eigenvalue weighted by molar-refractivity contribution is 0.0952. The number of H-pyrrole nitrogens is 1. The summed E-state index contributed by atoms with van der Waals surface area (Å²) in [4.78, 5) is 19.8. The van der Waals surface area contributed by atoms with E-state index in [1.807, 2.05) is 60.7 Å². The van der Waals surface area contributed by atoms with E-state index in [-0.39, 0.29) is 5.91 Å². The number of aromatic nitrogens is 2. The van der Waals surface area contributed by atoms with Crippen molar-refractivity contribution < 1.29 is 9.53 Å². The minimum atomic E-state index is -0.113. The molecule has 2 aromatic heterocycles. The molecule has 0 atom stereocenters. The molecule has 26 heavy (non-hydrogen) atoms. The number of ether oxygens (including phenoxy) is 1. The Hall–Kier alpha value is -3.60. The zero-order valence-electron chi connectivity index (χ0n) is 14.0. The van der Waals surface area contributed by atoms with Gasteiger partial charge in [0.1, 0.15) is 5.75 Å². The number of hydrogen-bond donors (Lipinski definition) is 2. The Morgan fingerprint density at radius 1 is 1.04 bits per heavy atom. The van der Waals surface area contributed by atoms with Crippen LogP contribution in [0.15, 0.2) is 79.1 Å². The minimum absolute atomic E-state index is 0.113. The molecule has 0 aliphatic carbocycles. The van der Waals surface area contributed by atoms with Crippen LogP contribution in [0.3, 0.4) is 0 Å². The number of fused-ring (bicyclic) bond motifs is 1. The highest BCUT2D eigenvalue weighted by Gasteiger charge is 2.11. The van der Waals surface area contributed by atoms with Gasteiger partial charge in [-0.15, -0.1) is 0 Å². The van der Waals surface area contributed by atoms with E-state index in [4.69, 9.17) is 4.74 Å². The van der Waals surface area contributed by atoms with Crippen LogP contribution in [-0.4, -0.2) is 15.9 Å². The van der Waals surface area contributed by atoms with Crippen molar-refractivity contribution in [2.45, 2.75) is 6.54 Å². The Morgan fingerprint density at radius 3 is 2.81 bits per heavy atom. The molecule has 2 N–H and O–H groups in total. The lowest BCUT2D eigenvalue weighted by atomic mass is 10.1. The largest absolute Gasteiger partial charge is 0.439 e. The van der Waals surface area contributed by atoms with Gasteiger partial charge in [-0.05, 0) is 29.8 Å². The fourth-order valence-electron chi connectivity index (χ4n) is 2.78. The van der Waals surface area contributed by atoms with Crippen LogP contribution in [0, 0.1) is 0 Å². The van der Waals surface area contributed by atoms with Crippen LogP contribution < -0.4 is 10.1 Å². The van der Waals surface area contributed by atoms with Crippen molar-refractivity contribution in [2.75, 3.05) is 0 Å². The Bertz CT molecular complexity index is 1040. The zero-order chi connectivity index (χ0) is 17.8. The van der Waals surface area contributed by atoms with Crippen LogP contribution >= 0.6 is 0 Å². The van der Waals surface area contributed by atoms with Crippen LogP contribution in [0.25, 0.3) is 10.9 Å². The number of para-hydroxylation sites is 1. The second-order valence-electron chi connectivity index (χ2n) is 5.85. The molecule has 1 amide bonds. The zero-order valence-corrected chi connectivity index (χ0v) is 14.0. The monoisotopic (exact) mass is 343 g/mol. The SMILES string of the molecule is O=C(NCc1cccc(Oc2ccccn2)c1)c1c[nH]c2ccccc12. The molecule has 0 unspecified atom stereocenters. The van der Waals surface area contributed by atoms with Crippen molar-refractivity contribution in [1.29, 1.82) is 0 Å². The fraction of sp³-hybridized carbons (Fsp3) is 0.0476. The van der Waals surface area contributed by atoms with Gasteiger partial charge < -0.3 is 15.0 Å². The molecule has 2 heterocycles. The summed E-state index contributed by atoms with van der Waals surface area (Å²) < 4.78 is 5.73. The minimum Gasteiger partial charge on any atom is -0.439 e. The summed E-state index contributed by atoms with van der Waals surface area (Å²) in [7, 11) is 0. The Labute approximate surface area is 150 Å². The first-order chi connectivity index (χ1) is 12.8. The van der Waals surface area contributed by atoms with E-state index >= 15 is 0 Å². The Balaban J connectivity index is 1.44. The smallest absolute Gasteiger partial charge is 0.253 e. The van der Waals surface area contributed by atoms with Crippen molar-refractivity contribution in [1.82, 2.24) is 15.3 Å². The standard InChI is InChI=1S/C21H17N3O2/c25-21(18-14-23-19-9-2-1-8-17(18)19)24-13-15-6-5-7-16(12-15)26-20-10-3-4-11-22-20/h1-12,14,23H,13H2,(H,24,25). The average Bonchev–Trinajstić information content (AvgIpc) is 3.11. The van der Waals surface area contributed by atoms with Gasteiger partial charge in [0.05, 0.1) is 5.56 Å². The molecule has 0 radical (unpaired) electrons. The van der Waals surface area contributed by atoms with E-state index in [1.54, 1.807) is 18.5 Å². The molecule has 4 rings (SSSR count). The van der Waals surface area contributed by atoms with Gasteiger partial charge in [-0.25, -0.2) is 4.98 Å². The van der Waals surface area contributed by atoms with E-state index in [1.165, 1.54) is 0 Å². The molecule has 4 aromatic rings. The number of nitrogens with zero attached hydrogens (tertiary/aromatic N) is 1. The average molecular weight is 343 g/mol. The van der Waals surface area contributed by atoms with Gasteiger partial charge in [-0.1, -0.05) is 36.4 Å². The van der Waals surface area contributed by atoms with Crippen molar-refractivity contribution in [3.05, 3.63) is 90.3 Å². The first kappa shape index (κ1) is 15.9. The second-order valence-corrected chi connectivity index (χ2v) is 5.85. The van der Waals surface area contributed by atoms with E-state index in [2.05, 4.69) is 15.3 Å². The molecular formula is C21H17N3O2. The van der Waals surface area contributed by atoms with Crippen molar-refractivity contribution in [2.24, 2.45) is 0 Å². The number of aromatic amines is 1. The van der Waals surface area contributed by atoms with Crippen LogP contribution in [-0.2, 0) is 6.54 Å². The van der Waals surface area contributed by atoms with Crippen LogP contribution in [0.5, 0.6) is 11.6 Å². The third-order valence-electron chi connectivity index (χ3n) is 4.05. The van der Waals surface area contributed by atoms with E-state index in [0.29, 0.717) is 23.7 Å². The number of benzene rings is 2. The Kier molecular flexibility index (Phi) is 4.35. The molecule has 0 aliphatic heterocycles. The molecule has 0 saturated carbocycles. The number of amides is 1. The maximum atomic E-state index is 12.5. The van der Waals surface area contributed by atoms with Crippen molar-refractivity contribution in [3.63, 3.8) is 0 Å². The highest BCUT2D eigenvalue weighted by atomic mass is 16.5. The van der Waals surface area contributed by atoms with Gasteiger partial charge in [0.25, 0.3) is 5.91 Å². The van der Waals surface area contributed by atoms with Crippen LogP contribution in [0.4, 0.5) is 0 Å². The second kappa shape index (κ2) is 7.11. The van der Waals surface area contributed by atoms with Gasteiger partial charge >= 0.3 is 0 Å². The lowest BCUT2D eigenvalue weighted by Crippen LogP contribution is -2.22. The van der Waals surface area contributed by atoms with Crippen LogP contribution in [0.1, 0.15) is 15.9 Å². The predicted octanol–water partition coefficient (Wildman–Crippen LogP) is 4.29. The van der Waals surface area contributed by atoms with Gasteiger partial charge in [0.15, 0.2) is 0 Å². The number of rotatable bonds is 5. The van der Waals surface area contributed by atoms with E-state index in [0.717, 1.165) is 16.5 Å². The molecule has 128 valence electrons. The molecule has 0 spiro atoms. The molecule has 5 heteroatoms. The summed E-state index contributed by atoms with van der Waals surface area (Å²) in [6.45, 7) is 0.414. The van der Waals surface area contributed by atoms with E-state index in [9.17, 15) is 4.79 Å². The summed E-state index contributed by atoms with van der Waals surface area (Å²) in [6, 6.07) is 20.8. The molecule has 0 saturated heterocycles. The van der Waals surface area contributed by atoms with Gasteiger partial charge in [-0.3, -0.25) is 4.79 Å². The topological polar surface area (TPSA) is 67.0 Å². The van der Waals surface area contributed by atoms with Crippen molar-refractivity contribution >= 4 is 16.8 Å². The number of pyridine rings is 1. The first-order valence-electron chi connectivity index (χ1n) is 8.32. The summed E-state index contributed by atoms with van der Waals surface area (Å²) in [5, 5.41) is 3.87. The fourth-order valence-corrected chi connectivity index (χ4v) is 2.78. The van der Waals surface area contributed by atoms with Crippen LogP contribution in [0.2, 0.25) is 0 Å². The number of hydrogen-bond acceptors (Lipinski definition) is 3. The van der Waals surface area contributed by atoms with Gasteiger partial charge in [-0.2, -0.15) is 0 Å². The summed E-state index contributed by atoms with van der Waals surface area (Å²) in [5.41, 5.74) is 2.54. The maximum Gasteiger partial charge on any atom is 0.253 e. The number of carbonyl (C=O) groups excluding carboxylic acids is 1. The number of carbonyl (C=O) groups is 1. The van der Waals surface area contributed by atoms with E-state index < -0.39 is 0 Å². The van der Waals surface area contributed by atoms with Gasteiger partial charge in [0.2, 0.25) is 5.88 Å². The molecule has 2 aromatic carbocycles. The third kappa shape index (κ3) is 3.42. The molecule has 0 bridgehead atoms. The maximum absolute atomic E-state index is 12.5. The summed E-state index contributed by atoms with van der Waals surface area (Å²) >= 11 is 0. The highest BCUT2D eigenvalue weighted by molar-refractivity contribution is 6.06. The quantitative estimate of drug-likeness (QED) is 0.568. The molecule has 0 aliphatic rings. The lowest BCUT2D eigenvalue weighted by Gasteiger charge is -2.08. The Morgan fingerprint density at radius 2 is 1.92 bits per heavy atom. The summed E-state index contributed by atoms with van der Waals surface area (Å²) in [6.07, 6.45) is 3.42. The van der Waals surface area contributed by atoms with Crippen molar-refractivity contribution in [3.8, 4) is 11.6 Å². The summed E-state index contributed by atoms with van der Waals surface area (Å²) in [5.74, 6) is 1.11. The first-order valence-corrected chi connectivity index (χ1v) is 8.32. The normalized spacial score (nSPS) is 10.6. The predicted molar refractivity (Wildman–Crippen MR) is 100 cm³/mol. The molecule has 0 fully saturated rings. The number of nitrogens with one attached hydrogen (secondary N) is 2.